The number of carbonyl (C=O) groups is 1. The summed E-state index contributed by atoms with van der Waals surface area (Å²) in [5.41, 5.74) is 7.37. The minimum atomic E-state index is -0.665. The Morgan fingerprint density at radius 3 is 2.38 bits per heavy atom. The second-order valence-corrected chi connectivity index (χ2v) is 5.72. The average molecular weight is 279 g/mol. The van der Waals surface area contributed by atoms with Crippen LogP contribution in [-0.2, 0) is 5.41 Å². The zero-order valence-corrected chi connectivity index (χ0v) is 12.1. The molecule has 3 rings (SSSR count). The lowest BCUT2D eigenvalue weighted by Gasteiger charge is -2.22. The standard InChI is InChI=1S/C18H17NO2/c1-18(2,13-7-9-14(19)10-8-13)17(20)16-11-12-5-3-4-6-15(12)21-16/h3-11H,19H2,1-2H3. The highest BCUT2D eigenvalue weighted by Crippen LogP contribution is 2.30. The summed E-state index contributed by atoms with van der Waals surface area (Å²) < 4.78 is 5.69. The predicted octanol–water partition coefficient (Wildman–Crippen LogP) is 4.18. The van der Waals surface area contributed by atoms with Crippen LogP contribution < -0.4 is 5.73 Å². The molecule has 3 heteroatoms. The number of nitrogen functional groups attached to an aromatic ring is 1. The van der Waals surface area contributed by atoms with Crippen molar-refractivity contribution in [3.63, 3.8) is 0 Å². The van der Waals surface area contributed by atoms with E-state index in [4.69, 9.17) is 10.2 Å². The zero-order chi connectivity index (χ0) is 15.0. The van der Waals surface area contributed by atoms with E-state index in [1.165, 1.54) is 0 Å². The Morgan fingerprint density at radius 2 is 1.71 bits per heavy atom. The summed E-state index contributed by atoms with van der Waals surface area (Å²) in [7, 11) is 0. The van der Waals surface area contributed by atoms with Gasteiger partial charge < -0.3 is 10.2 Å². The molecule has 0 aliphatic heterocycles. The highest BCUT2D eigenvalue weighted by molar-refractivity contribution is 6.04. The number of para-hydroxylation sites is 1. The number of carbonyl (C=O) groups excluding carboxylic acids is 1. The van der Waals surface area contributed by atoms with Crippen LogP contribution in [-0.4, -0.2) is 5.78 Å². The molecular formula is C18H17NO2. The van der Waals surface area contributed by atoms with E-state index in [-0.39, 0.29) is 5.78 Å². The van der Waals surface area contributed by atoms with Crippen molar-refractivity contribution in [3.05, 3.63) is 65.9 Å². The molecule has 0 radical (unpaired) electrons. The van der Waals surface area contributed by atoms with Gasteiger partial charge in [0.05, 0.1) is 5.41 Å². The lowest BCUT2D eigenvalue weighted by Crippen LogP contribution is -2.28. The third kappa shape index (κ3) is 2.31. The molecule has 0 amide bonds. The van der Waals surface area contributed by atoms with Crippen LogP contribution in [0.1, 0.15) is 30.0 Å². The van der Waals surface area contributed by atoms with Gasteiger partial charge >= 0.3 is 0 Å². The molecular weight excluding hydrogens is 262 g/mol. The molecule has 3 aromatic rings. The molecule has 0 aliphatic rings. The minimum Gasteiger partial charge on any atom is -0.453 e. The first kappa shape index (κ1) is 13.4. The Morgan fingerprint density at radius 1 is 1.05 bits per heavy atom. The van der Waals surface area contributed by atoms with Crippen molar-refractivity contribution in [2.75, 3.05) is 5.73 Å². The molecule has 0 fully saturated rings. The summed E-state index contributed by atoms with van der Waals surface area (Å²) in [5.74, 6) is 0.349. The second-order valence-electron chi connectivity index (χ2n) is 5.72. The summed E-state index contributed by atoms with van der Waals surface area (Å²) >= 11 is 0. The van der Waals surface area contributed by atoms with Gasteiger partial charge in [-0.2, -0.15) is 0 Å². The monoisotopic (exact) mass is 279 g/mol. The molecule has 0 saturated carbocycles. The number of furan rings is 1. The Labute approximate surface area is 123 Å². The maximum Gasteiger partial charge on any atom is 0.207 e. The Balaban J connectivity index is 2.01. The maximum atomic E-state index is 12.8. The summed E-state index contributed by atoms with van der Waals surface area (Å²) in [6, 6.07) is 16.8. The number of rotatable bonds is 3. The predicted molar refractivity (Wildman–Crippen MR) is 84.4 cm³/mol. The van der Waals surface area contributed by atoms with E-state index in [9.17, 15) is 4.79 Å². The van der Waals surface area contributed by atoms with E-state index in [1.807, 2.05) is 62.4 Å². The highest BCUT2D eigenvalue weighted by Gasteiger charge is 2.32. The fourth-order valence-electron chi connectivity index (χ4n) is 2.43. The van der Waals surface area contributed by atoms with Gasteiger partial charge in [0.1, 0.15) is 5.58 Å². The first-order valence-corrected chi connectivity index (χ1v) is 6.88. The van der Waals surface area contributed by atoms with Crippen molar-refractivity contribution >= 4 is 22.4 Å². The third-order valence-electron chi connectivity index (χ3n) is 3.85. The van der Waals surface area contributed by atoms with Gasteiger partial charge in [-0.3, -0.25) is 4.79 Å². The quantitative estimate of drug-likeness (QED) is 0.578. The molecule has 106 valence electrons. The topological polar surface area (TPSA) is 56.2 Å². The summed E-state index contributed by atoms with van der Waals surface area (Å²) in [6.45, 7) is 3.79. The number of hydrogen-bond acceptors (Lipinski definition) is 3. The van der Waals surface area contributed by atoms with Gasteiger partial charge in [0.2, 0.25) is 5.78 Å². The lowest BCUT2D eigenvalue weighted by atomic mass is 9.79. The van der Waals surface area contributed by atoms with Gasteiger partial charge in [-0.15, -0.1) is 0 Å². The molecule has 0 saturated heterocycles. The van der Waals surface area contributed by atoms with Crippen molar-refractivity contribution in [1.29, 1.82) is 0 Å². The molecule has 3 nitrogen and oxygen atoms in total. The van der Waals surface area contributed by atoms with Crippen molar-refractivity contribution in [2.45, 2.75) is 19.3 Å². The van der Waals surface area contributed by atoms with E-state index in [0.29, 0.717) is 11.4 Å². The van der Waals surface area contributed by atoms with E-state index in [2.05, 4.69) is 0 Å². The fraction of sp³-hybridized carbons (Fsp3) is 0.167. The molecule has 1 aromatic heterocycles. The molecule has 1 heterocycles. The van der Waals surface area contributed by atoms with Crippen LogP contribution >= 0.6 is 0 Å². The molecule has 0 bridgehead atoms. The van der Waals surface area contributed by atoms with Crippen molar-refractivity contribution in [3.8, 4) is 0 Å². The molecule has 2 N–H and O–H groups in total. The lowest BCUT2D eigenvalue weighted by molar-refractivity contribution is 0.0882. The van der Waals surface area contributed by atoms with Gasteiger partial charge in [0, 0.05) is 11.1 Å². The van der Waals surface area contributed by atoms with E-state index < -0.39 is 5.41 Å². The van der Waals surface area contributed by atoms with Crippen molar-refractivity contribution < 1.29 is 9.21 Å². The maximum absolute atomic E-state index is 12.8. The average Bonchev–Trinajstić information content (AvgIpc) is 2.90. The van der Waals surface area contributed by atoms with Crippen LogP contribution in [0.25, 0.3) is 11.0 Å². The van der Waals surface area contributed by atoms with E-state index >= 15 is 0 Å². The number of anilines is 1. The number of ketones is 1. The highest BCUT2D eigenvalue weighted by atomic mass is 16.3. The van der Waals surface area contributed by atoms with Crippen LogP contribution in [0.2, 0.25) is 0 Å². The van der Waals surface area contributed by atoms with Gasteiger partial charge in [-0.25, -0.2) is 0 Å². The molecule has 21 heavy (non-hydrogen) atoms. The summed E-state index contributed by atoms with van der Waals surface area (Å²) in [4.78, 5) is 12.8. The third-order valence-corrected chi connectivity index (χ3v) is 3.85. The number of nitrogens with two attached hydrogens (primary N) is 1. The summed E-state index contributed by atoms with van der Waals surface area (Å²) in [6.07, 6.45) is 0. The fourth-order valence-corrected chi connectivity index (χ4v) is 2.43. The number of benzene rings is 2. The van der Waals surface area contributed by atoms with E-state index in [1.54, 1.807) is 6.07 Å². The van der Waals surface area contributed by atoms with Crippen LogP contribution in [0.3, 0.4) is 0 Å². The Hall–Kier alpha value is -2.55. The number of Topliss-reactive ketones (excluding diaryl/α,β-unsaturated/α-hetero) is 1. The molecule has 2 aromatic carbocycles. The van der Waals surface area contributed by atoms with Crippen LogP contribution in [0.15, 0.2) is 59.0 Å². The van der Waals surface area contributed by atoms with Crippen LogP contribution in [0.5, 0.6) is 0 Å². The van der Waals surface area contributed by atoms with Gasteiger partial charge in [-0.05, 0) is 43.7 Å². The van der Waals surface area contributed by atoms with Crippen molar-refractivity contribution in [1.82, 2.24) is 0 Å². The van der Waals surface area contributed by atoms with Crippen LogP contribution in [0, 0.1) is 0 Å². The SMILES string of the molecule is CC(C)(C(=O)c1cc2ccccc2o1)c1ccc(N)cc1. The molecule has 0 unspecified atom stereocenters. The van der Waals surface area contributed by atoms with Gasteiger partial charge in [0.15, 0.2) is 5.76 Å². The van der Waals surface area contributed by atoms with Crippen LogP contribution in [0.4, 0.5) is 5.69 Å². The smallest absolute Gasteiger partial charge is 0.207 e. The van der Waals surface area contributed by atoms with Gasteiger partial charge in [-0.1, -0.05) is 30.3 Å². The Bertz CT molecular complexity index is 764. The van der Waals surface area contributed by atoms with E-state index in [0.717, 1.165) is 16.5 Å². The first-order valence-electron chi connectivity index (χ1n) is 6.88. The summed E-state index contributed by atoms with van der Waals surface area (Å²) in [5, 5.41) is 0.939. The Kier molecular flexibility index (Phi) is 3.05. The molecule has 0 atom stereocenters. The first-order chi connectivity index (χ1) is 9.98. The second kappa shape index (κ2) is 4.77. The van der Waals surface area contributed by atoms with Crippen molar-refractivity contribution in [2.24, 2.45) is 0 Å². The molecule has 0 spiro atoms. The normalized spacial score (nSPS) is 11.7. The minimum absolute atomic E-state index is 0.0385. The number of hydrogen-bond donors (Lipinski definition) is 1. The largest absolute Gasteiger partial charge is 0.453 e. The molecule has 0 aliphatic carbocycles. The zero-order valence-electron chi connectivity index (χ0n) is 12.1. The number of fused-ring (bicyclic) bond motifs is 1. The van der Waals surface area contributed by atoms with Gasteiger partial charge in [0.25, 0.3) is 0 Å².